The molecule has 6 heteroatoms. The van der Waals surface area contributed by atoms with E-state index in [4.69, 9.17) is 16.0 Å². The molecule has 0 spiro atoms. The Bertz CT molecular complexity index is 1340. The van der Waals surface area contributed by atoms with E-state index in [1.165, 1.54) is 5.56 Å². The molecule has 0 unspecified atom stereocenters. The predicted octanol–water partition coefficient (Wildman–Crippen LogP) is 5.89. The molecular weight excluding hydrogens is 398 g/mol. The number of amides is 1. The van der Waals surface area contributed by atoms with Crippen molar-refractivity contribution in [3.63, 3.8) is 0 Å². The van der Waals surface area contributed by atoms with Crippen LogP contribution in [0, 0.1) is 20.8 Å². The third-order valence-electron chi connectivity index (χ3n) is 4.80. The van der Waals surface area contributed by atoms with Crippen LogP contribution in [0.25, 0.3) is 11.0 Å². The van der Waals surface area contributed by atoms with Crippen LogP contribution >= 0.6 is 11.6 Å². The summed E-state index contributed by atoms with van der Waals surface area (Å²) in [5.41, 5.74) is 4.90. The molecular formula is C24H20ClN3O2. The van der Waals surface area contributed by atoms with E-state index in [0.29, 0.717) is 33.1 Å². The lowest BCUT2D eigenvalue weighted by Gasteiger charge is -2.07. The topological polar surface area (TPSA) is 67.5 Å². The van der Waals surface area contributed by atoms with Crippen molar-refractivity contribution >= 4 is 40.0 Å². The second kappa shape index (κ2) is 8.13. The van der Waals surface area contributed by atoms with E-state index in [2.05, 4.69) is 15.3 Å². The number of hydrogen-bond acceptors (Lipinski definition) is 4. The third kappa shape index (κ3) is 4.26. The lowest BCUT2D eigenvalue weighted by molar-refractivity contribution is 0.102. The summed E-state index contributed by atoms with van der Waals surface area (Å²) in [4.78, 5) is 22.0. The summed E-state index contributed by atoms with van der Waals surface area (Å²) in [6, 6.07) is 18.3. The van der Waals surface area contributed by atoms with Gasteiger partial charge in [0, 0.05) is 16.1 Å². The van der Waals surface area contributed by atoms with Gasteiger partial charge in [0.1, 0.15) is 17.0 Å². The predicted molar refractivity (Wildman–Crippen MR) is 119 cm³/mol. The van der Waals surface area contributed by atoms with Crippen LogP contribution in [-0.2, 0) is 0 Å². The molecule has 0 aliphatic heterocycles. The molecule has 1 N–H and O–H groups in total. The molecule has 5 nitrogen and oxygen atoms in total. The van der Waals surface area contributed by atoms with Gasteiger partial charge in [-0.25, -0.2) is 9.98 Å². The number of carbonyl (C=O) groups excluding carboxylic acids is 1. The van der Waals surface area contributed by atoms with Gasteiger partial charge in [-0.3, -0.25) is 4.79 Å². The van der Waals surface area contributed by atoms with E-state index < -0.39 is 0 Å². The molecule has 4 aromatic rings. The van der Waals surface area contributed by atoms with Crippen molar-refractivity contribution in [1.82, 2.24) is 4.98 Å². The Balaban J connectivity index is 1.86. The zero-order chi connectivity index (χ0) is 21.3. The Morgan fingerprint density at radius 2 is 1.83 bits per heavy atom. The number of halogens is 1. The quantitative estimate of drug-likeness (QED) is 0.451. The van der Waals surface area contributed by atoms with Gasteiger partial charge in [0.2, 0.25) is 5.55 Å². The van der Waals surface area contributed by atoms with E-state index in [1.807, 2.05) is 51.1 Å². The highest BCUT2D eigenvalue weighted by Crippen LogP contribution is 2.21. The number of rotatable bonds is 3. The minimum absolute atomic E-state index is 0.221. The average molecular weight is 418 g/mol. The number of fused-ring (bicyclic) bond motifs is 1. The SMILES string of the molecule is Cc1cccc(NC(=O)c2cc3cc(Cl)ccc3oc2=Nc2ccc(C)c(C)c2)n1. The number of nitrogens with one attached hydrogen (secondary N) is 1. The molecule has 0 aliphatic carbocycles. The zero-order valence-electron chi connectivity index (χ0n) is 16.9. The number of aryl methyl sites for hydroxylation is 3. The summed E-state index contributed by atoms with van der Waals surface area (Å²) in [7, 11) is 0. The van der Waals surface area contributed by atoms with Gasteiger partial charge in [-0.15, -0.1) is 0 Å². The van der Waals surface area contributed by atoms with E-state index in [9.17, 15) is 4.79 Å². The first kappa shape index (κ1) is 19.9. The van der Waals surface area contributed by atoms with E-state index >= 15 is 0 Å². The number of anilines is 1. The summed E-state index contributed by atoms with van der Waals surface area (Å²) >= 11 is 6.12. The van der Waals surface area contributed by atoms with Crippen molar-refractivity contribution in [2.24, 2.45) is 4.99 Å². The fourth-order valence-corrected chi connectivity index (χ4v) is 3.24. The standard InChI is InChI=1S/C24H20ClN3O2/c1-14-7-9-19(11-15(14)2)27-24-20(13-17-12-18(25)8-10-21(17)30-24)23(29)28-22-6-4-5-16(3)26-22/h4-13H,1-3H3,(H,26,28,29). The molecule has 0 saturated carbocycles. The van der Waals surface area contributed by atoms with Gasteiger partial charge in [0.15, 0.2) is 0 Å². The molecule has 150 valence electrons. The fraction of sp³-hybridized carbons (Fsp3) is 0.125. The van der Waals surface area contributed by atoms with Gasteiger partial charge in [0.05, 0.1) is 5.69 Å². The lowest BCUT2D eigenvalue weighted by atomic mass is 10.1. The maximum absolute atomic E-state index is 13.1. The first-order valence-electron chi connectivity index (χ1n) is 9.49. The van der Waals surface area contributed by atoms with Crippen molar-refractivity contribution in [2.45, 2.75) is 20.8 Å². The number of nitrogens with zero attached hydrogens (tertiary/aromatic N) is 2. The maximum Gasteiger partial charge on any atom is 0.262 e. The summed E-state index contributed by atoms with van der Waals surface area (Å²) in [5.74, 6) is 0.102. The van der Waals surface area contributed by atoms with Crippen LogP contribution in [-0.4, -0.2) is 10.9 Å². The van der Waals surface area contributed by atoms with Gasteiger partial charge in [0.25, 0.3) is 5.91 Å². The minimum atomic E-state index is -0.360. The molecule has 2 aromatic heterocycles. The Hall–Kier alpha value is -3.44. The van der Waals surface area contributed by atoms with Crippen LogP contribution in [0.3, 0.4) is 0 Å². The molecule has 4 rings (SSSR count). The first-order chi connectivity index (χ1) is 14.4. The largest absolute Gasteiger partial charge is 0.438 e. The molecule has 0 bridgehead atoms. The van der Waals surface area contributed by atoms with Gasteiger partial charge in [-0.1, -0.05) is 23.7 Å². The van der Waals surface area contributed by atoms with E-state index in [1.54, 1.807) is 30.3 Å². The average Bonchev–Trinajstić information content (AvgIpc) is 2.70. The highest BCUT2D eigenvalue weighted by Gasteiger charge is 2.14. The molecule has 2 heterocycles. The summed E-state index contributed by atoms with van der Waals surface area (Å²) in [6.07, 6.45) is 0. The fourth-order valence-electron chi connectivity index (χ4n) is 3.06. The van der Waals surface area contributed by atoms with E-state index in [0.717, 1.165) is 11.3 Å². The second-order valence-electron chi connectivity index (χ2n) is 7.15. The number of aromatic nitrogens is 1. The molecule has 0 atom stereocenters. The van der Waals surface area contributed by atoms with Crippen molar-refractivity contribution in [1.29, 1.82) is 0 Å². The molecule has 2 aromatic carbocycles. The molecule has 0 radical (unpaired) electrons. The number of hydrogen-bond donors (Lipinski definition) is 1. The Kier molecular flexibility index (Phi) is 5.38. The van der Waals surface area contributed by atoms with Crippen molar-refractivity contribution in [2.75, 3.05) is 5.32 Å². The maximum atomic E-state index is 13.1. The van der Waals surface area contributed by atoms with Crippen LogP contribution in [0.15, 0.2) is 70.1 Å². The summed E-state index contributed by atoms with van der Waals surface area (Å²) in [6.45, 7) is 5.92. The van der Waals surface area contributed by atoms with Gasteiger partial charge in [-0.05, 0) is 80.4 Å². The number of benzene rings is 2. The van der Waals surface area contributed by atoms with E-state index in [-0.39, 0.29) is 11.5 Å². The molecule has 0 aliphatic rings. The lowest BCUT2D eigenvalue weighted by Crippen LogP contribution is -2.22. The Labute approximate surface area is 179 Å². The highest BCUT2D eigenvalue weighted by atomic mass is 35.5. The summed E-state index contributed by atoms with van der Waals surface area (Å²) < 4.78 is 6.00. The Morgan fingerprint density at radius 1 is 1.00 bits per heavy atom. The normalized spacial score (nSPS) is 11.7. The van der Waals surface area contributed by atoms with Crippen LogP contribution in [0.2, 0.25) is 5.02 Å². The van der Waals surface area contributed by atoms with Crippen molar-refractivity contribution in [3.8, 4) is 0 Å². The van der Waals surface area contributed by atoms with Crippen LogP contribution in [0.5, 0.6) is 0 Å². The zero-order valence-corrected chi connectivity index (χ0v) is 17.6. The first-order valence-corrected chi connectivity index (χ1v) is 9.87. The van der Waals surface area contributed by atoms with Crippen LogP contribution < -0.4 is 10.9 Å². The van der Waals surface area contributed by atoms with Crippen LogP contribution in [0.1, 0.15) is 27.2 Å². The molecule has 1 amide bonds. The molecule has 0 fully saturated rings. The number of pyridine rings is 1. The summed E-state index contributed by atoms with van der Waals surface area (Å²) in [5, 5.41) is 4.09. The molecule has 0 saturated heterocycles. The highest BCUT2D eigenvalue weighted by molar-refractivity contribution is 6.31. The molecule has 30 heavy (non-hydrogen) atoms. The number of carbonyl (C=O) groups is 1. The minimum Gasteiger partial charge on any atom is -0.438 e. The Morgan fingerprint density at radius 3 is 2.60 bits per heavy atom. The second-order valence-corrected chi connectivity index (χ2v) is 7.58. The van der Waals surface area contributed by atoms with Crippen LogP contribution in [0.4, 0.5) is 11.5 Å². The smallest absolute Gasteiger partial charge is 0.262 e. The monoisotopic (exact) mass is 417 g/mol. The van der Waals surface area contributed by atoms with Gasteiger partial charge >= 0.3 is 0 Å². The van der Waals surface area contributed by atoms with Crippen molar-refractivity contribution < 1.29 is 9.21 Å². The van der Waals surface area contributed by atoms with Crippen molar-refractivity contribution in [3.05, 3.63) is 93.6 Å². The third-order valence-corrected chi connectivity index (χ3v) is 5.04. The van der Waals surface area contributed by atoms with Gasteiger partial charge < -0.3 is 9.73 Å². The van der Waals surface area contributed by atoms with Gasteiger partial charge in [-0.2, -0.15) is 0 Å².